The van der Waals surface area contributed by atoms with Crippen LogP contribution >= 0.6 is 0 Å². The van der Waals surface area contributed by atoms with Crippen molar-refractivity contribution < 1.29 is 0 Å². The zero-order valence-corrected chi connectivity index (χ0v) is 13.5. The molecule has 0 saturated carbocycles. The Morgan fingerprint density at radius 2 is 1.08 bits per heavy atom. The van der Waals surface area contributed by atoms with E-state index in [9.17, 15) is 0 Å². The van der Waals surface area contributed by atoms with E-state index in [4.69, 9.17) is 0 Å². The van der Waals surface area contributed by atoms with Crippen LogP contribution in [0.3, 0.4) is 0 Å². The number of nitrogens with zero attached hydrogens (tertiary/aromatic N) is 1. The molecule has 0 bridgehead atoms. The highest BCUT2D eigenvalue weighted by Gasteiger charge is 2.13. The Kier molecular flexibility index (Phi) is 2.77. The number of benzene rings is 4. The van der Waals surface area contributed by atoms with Gasteiger partial charge in [-0.25, -0.2) is 0 Å². The van der Waals surface area contributed by atoms with E-state index in [-0.39, 0.29) is 0 Å². The minimum atomic E-state index is 1.26. The number of hydrogen-bond acceptors (Lipinski definition) is 0. The van der Waals surface area contributed by atoms with Crippen molar-refractivity contribution in [3.8, 4) is 5.69 Å². The molecule has 0 saturated heterocycles. The number of fused-ring (bicyclic) bond motifs is 4. The first-order valence-electron chi connectivity index (χ1n) is 8.31. The molecule has 5 rings (SSSR count). The van der Waals surface area contributed by atoms with Crippen LogP contribution in [0.1, 0.15) is 5.56 Å². The molecule has 0 radical (unpaired) electrons. The molecule has 4 aromatic carbocycles. The highest BCUT2D eigenvalue weighted by Crippen LogP contribution is 2.34. The van der Waals surface area contributed by atoms with E-state index in [1.165, 1.54) is 43.8 Å². The summed E-state index contributed by atoms with van der Waals surface area (Å²) in [6, 6.07) is 30.5. The predicted molar refractivity (Wildman–Crippen MR) is 103 cm³/mol. The second-order valence-corrected chi connectivity index (χ2v) is 6.36. The lowest BCUT2D eigenvalue weighted by Gasteiger charge is -2.13. The highest BCUT2D eigenvalue weighted by molar-refractivity contribution is 6.09. The standard InChI is InChI=1S/C23H17N/c1-16-14-17-8-2-3-9-18(17)15-23(16)24-21-12-6-4-10-19(21)20-11-5-7-13-22(20)24/h2-15H,1H3. The van der Waals surface area contributed by atoms with Gasteiger partial charge in [0.1, 0.15) is 0 Å². The summed E-state index contributed by atoms with van der Waals surface area (Å²) in [5.74, 6) is 0. The van der Waals surface area contributed by atoms with Crippen LogP contribution in [-0.4, -0.2) is 4.57 Å². The fourth-order valence-corrected chi connectivity index (χ4v) is 3.77. The summed E-state index contributed by atoms with van der Waals surface area (Å²) in [5.41, 5.74) is 5.07. The molecular formula is C23H17N. The predicted octanol–water partition coefficient (Wildman–Crippen LogP) is 6.25. The van der Waals surface area contributed by atoms with Gasteiger partial charge in [-0.2, -0.15) is 0 Å². The third kappa shape index (κ3) is 1.82. The average molecular weight is 307 g/mol. The van der Waals surface area contributed by atoms with Crippen LogP contribution in [-0.2, 0) is 0 Å². The molecule has 0 unspecified atom stereocenters. The first kappa shape index (κ1) is 13.4. The molecule has 0 amide bonds. The largest absolute Gasteiger partial charge is 0.309 e. The summed E-state index contributed by atoms with van der Waals surface area (Å²) >= 11 is 0. The van der Waals surface area contributed by atoms with Crippen LogP contribution in [0.4, 0.5) is 0 Å². The van der Waals surface area contributed by atoms with Gasteiger partial charge in [-0.15, -0.1) is 0 Å². The summed E-state index contributed by atoms with van der Waals surface area (Å²) in [4.78, 5) is 0. The molecule has 0 aliphatic carbocycles. The van der Waals surface area contributed by atoms with Crippen molar-refractivity contribution >= 4 is 32.6 Å². The molecule has 0 spiro atoms. The van der Waals surface area contributed by atoms with E-state index in [1.807, 2.05) is 0 Å². The van der Waals surface area contributed by atoms with Gasteiger partial charge >= 0.3 is 0 Å². The van der Waals surface area contributed by atoms with Crippen LogP contribution in [0, 0.1) is 6.92 Å². The van der Waals surface area contributed by atoms with Gasteiger partial charge in [0.05, 0.1) is 11.0 Å². The first-order valence-corrected chi connectivity index (χ1v) is 8.31. The number of hydrogen-bond donors (Lipinski definition) is 0. The molecule has 1 heteroatoms. The molecule has 24 heavy (non-hydrogen) atoms. The third-order valence-electron chi connectivity index (χ3n) is 4.89. The molecule has 0 aliphatic rings. The van der Waals surface area contributed by atoms with Crippen molar-refractivity contribution in [3.63, 3.8) is 0 Å². The molecule has 1 nitrogen and oxygen atoms in total. The van der Waals surface area contributed by atoms with Crippen LogP contribution < -0.4 is 0 Å². The zero-order valence-electron chi connectivity index (χ0n) is 13.5. The minimum Gasteiger partial charge on any atom is -0.309 e. The average Bonchev–Trinajstić information content (AvgIpc) is 2.96. The van der Waals surface area contributed by atoms with Gasteiger partial charge < -0.3 is 4.57 Å². The fraction of sp³-hybridized carbons (Fsp3) is 0.0435. The van der Waals surface area contributed by atoms with Gasteiger partial charge in [0, 0.05) is 16.5 Å². The van der Waals surface area contributed by atoms with Gasteiger partial charge in [0.15, 0.2) is 0 Å². The molecule has 0 fully saturated rings. The molecule has 114 valence electrons. The fourth-order valence-electron chi connectivity index (χ4n) is 3.77. The van der Waals surface area contributed by atoms with Gasteiger partial charge in [-0.3, -0.25) is 0 Å². The van der Waals surface area contributed by atoms with E-state index in [0.29, 0.717) is 0 Å². The molecule has 0 atom stereocenters. The Morgan fingerprint density at radius 3 is 1.71 bits per heavy atom. The maximum absolute atomic E-state index is 2.40. The number of rotatable bonds is 1. The van der Waals surface area contributed by atoms with Gasteiger partial charge in [0.25, 0.3) is 0 Å². The SMILES string of the molecule is Cc1cc2ccccc2cc1-n1c2ccccc2c2ccccc21. The van der Waals surface area contributed by atoms with E-state index in [0.717, 1.165) is 0 Å². The molecule has 1 heterocycles. The lowest BCUT2D eigenvalue weighted by atomic mass is 10.1. The lowest BCUT2D eigenvalue weighted by molar-refractivity contribution is 1.16. The molecule has 5 aromatic rings. The summed E-state index contributed by atoms with van der Waals surface area (Å²) in [5, 5.41) is 5.18. The molecule has 1 aromatic heterocycles. The van der Waals surface area contributed by atoms with Crippen molar-refractivity contribution in [1.29, 1.82) is 0 Å². The second-order valence-electron chi connectivity index (χ2n) is 6.36. The number of aromatic nitrogens is 1. The molecule has 0 N–H and O–H groups in total. The number of para-hydroxylation sites is 2. The lowest BCUT2D eigenvalue weighted by Crippen LogP contribution is -1.97. The first-order chi connectivity index (χ1) is 11.8. The molecule has 0 aliphatic heterocycles. The summed E-state index contributed by atoms with van der Waals surface area (Å²) < 4.78 is 2.40. The Hall–Kier alpha value is -3.06. The Balaban J connectivity index is 1.97. The van der Waals surface area contributed by atoms with Crippen LogP contribution in [0.25, 0.3) is 38.3 Å². The van der Waals surface area contributed by atoms with Crippen LogP contribution in [0.15, 0.2) is 84.9 Å². The summed E-state index contributed by atoms with van der Waals surface area (Å²) in [6.07, 6.45) is 0. The Labute approximate surface area is 140 Å². The zero-order chi connectivity index (χ0) is 16.1. The van der Waals surface area contributed by atoms with Crippen molar-refractivity contribution in [2.24, 2.45) is 0 Å². The topological polar surface area (TPSA) is 4.93 Å². The normalized spacial score (nSPS) is 11.5. The van der Waals surface area contributed by atoms with Crippen LogP contribution in [0.2, 0.25) is 0 Å². The minimum absolute atomic E-state index is 1.26. The van der Waals surface area contributed by atoms with Crippen molar-refractivity contribution in [2.75, 3.05) is 0 Å². The highest BCUT2D eigenvalue weighted by atomic mass is 15.0. The smallest absolute Gasteiger partial charge is 0.0541 e. The van der Waals surface area contributed by atoms with Crippen molar-refractivity contribution in [3.05, 3.63) is 90.5 Å². The van der Waals surface area contributed by atoms with Gasteiger partial charge in [-0.05, 0) is 47.5 Å². The van der Waals surface area contributed by atoms with Crippen LogP contribution in [0.5, 0.6) is 0 Å². The van der Waals surface area contributed by atoms with Crippen molar-refractivity contribution in [1.82, 2.24) is 4.57 Å². The van der Waals surface area contributed by atoms with E-state index >= 15 is 0 Å². The third-order valence-corrected chi connectivity index (χ3v) is 4.89. The quantitative estimate of drug-likeness (QED) is 0.345. The Bertz CT molecular complexity index is 1160. The van der Waals surface area contributed by atoms with Crippen molar-refractivity contribution in [2.45, 2.75) is 6.92 Å². The van der Waals surface area contributed by atoms with E-state index < -0.39 is 0 Å². The number of aryl methyl sites for hydroxylation is 1. The maximum Gasteiger partial charge on any atom is 0.0541 e. The summed E-state index contributed by atoms with van der Waals surface area (Å²) in [6.45, 7) is 2.20. The maximum atomic E-state index is 2.40. The Morgan fingerprint density at radius 1 is 0.583 bits per heavy atom. The van der Waals surface area contributed by atoms with Gasteiger partial charge in [0.2, 0.25) is 0 Å². The van der Waals surface area contributed by atoms with Gasteiger partial charge in [-0.1, -0.05) is 60.7 Å². The molecular weight excluding hydrogens is 290 g/mol. The van der Waals surface area contributed by atoms with E-state index in [1.54, 1.807) is 0 Å². The summed E-state index contributed by atoms with van der Waals surface area (Å²) in [7, 11) is 0. The van der Waals surface area contributed by atoms with E-state index in [2.05, 4.69) is 96.4 Å². The monoisotopic (exact) mass is 307 g/mol. The second kappa shape index (κ2) is 4.97.